The van der Waals surface area contributed by atoms with E-state index in [1.807, 2.05) is 19.1 Å². The normalized spacial score (nSPS) is 21.1. The minimum Gasteiger partial charge on any atom is -0.329 e. The highest BCUT2D eigenvalue weighted by molar-refractivity contribution is 5.26. The van der Waals surface area contributed by atoms with E-state index in [9.17, 15) is 4.39 Å². The van der Waals surface area contributed by atoms with E-state index in [1.54, 1.807) is 6.07 Å². The molecule has 1 aromatic carbocycles. The molecule has 0 radical (unpaired) electrons. The van der Waals surface area contributed by atoms with Crippen molar-refractivity contribution in [3.05, 3.63) is 35.1 Å². The molecule has 0 aromatic heterocycles. The summed E-state index contributed by atoms with van der Waals surface area (Å²) >= 11 is 0. The van der Waals surface area contributed by atoms with Gasteiger partial charge in [0.1, 0.15) is 5.82 Å². The van der Waals surface area contributed by atoms with Crippen molar-refractivity contribution in [3.8, 4) is 0 Å². The summed E-state index contributed by atoms with van der Waals surface area (Å²) in [5.41, 5.74) is 7.79. The Morgan fingerprint density at radius 1 is 1.48 bits per heavy atom. The topological polar surface area (TPSA) is 32.5 Å². The molecule has 1 aliphatic rings. The zero-order valence-corrected chi connectivity index (χ0v) is 13.5. The Hall–Kier alpha value is -0.970. The smallest absolute Gasteiger partial charge is 0.126 e. The molecule has 2 N–H and O–H groups in total. The number of rotatable bonds is 6. The van der Waals surface area contributed by atoms with Crippen LogP contribution in [0.25, 0.3) is 0 Å². The molecule has 0 saturated carbocycles. The fourth-order valence-corrected chi connectivity index (χ4v) is 3.42. The molecule has 2 rings (SSSR count). The quantitative estimate of drug-likeness (QED) is 0.875. The average molecular weight is 293 g/mol. The number of halogens is 1. The van der Waals surface area contributed by atoms with Crippen LogP contribution in [0.1, 0.15) is 36.9 Å². The van der Waals surface area contributed by atoms with Gasteiger partial charge >= 0.3 is 0 Å². The molecule has 1 aliphatic heterocycles. The summed E-state index contributed by atoms with van der Waals surface area (Å²) in [6.07, 6.45) is 2.55. The second kappa shape index (κ2) is 7.34. The summed E-state index contributed by atoms with van der Waals surface area (Å²) in [7, 11) is 2.13. The third kappa shape index (κ3) is 3.82. The summed E-state index contributed by atoms with van der Waals surface area (Å²) in [6.45, 7) is 7.93. The first kappa shape index (κ1) is 16.4. The van der Waals surface area contributed by atoms with Crippen molar-refractivity contribution >= 4 is 0 Å². The third-order valence-corrected chi connectivity index (χ3v) is 4.73. The molecule has 2 atom stereocenters. The van der Waals surface area contributed by atoms with Gasteiger partial charge in [-0.15, -0.1) is 0 Å². The maximum Gasteiger partial charge on any atom is 0.126 e. The van der Waals surface area contributed by atoms with Crippen LogP contribution in [0.3, 0.4) is 0 Å². The lowest BCUT2D eigenvalue weighted by molar-refractivity contribution is 0.166. The second-order valence-electron chi connectivity index (χ2n) is 6.12. The molecule has 118 valence electrons. The Balaban J connectivity index is 2.07. The van der Waals surface area contributed by atoms with Crippen LogP contribution in [0, 0.1) is 12.7 Å². The van der Waals surface area contributed by atoms with Gasteiger partial charge in [0.2, 0.25) is 0 Å². The van der Waals surface area contributed by atoms with E-state index in [2.05, 4.69) is 23.8 Å². The van der Waals surface area contributed by atoms with E-state index in [0.717, 1.165) is 18.7 Å². The predicted molar refractivity (Wildman–Crippen MR) is 85.8 cm³/mol. The zero-order chi connectivity index (χ0) is 15.4. The molecule has 1 aromatic rings. The van der Waals surface area contributed by atoms with Crippen molar-refractivity contribution in [2.45, 2.75) is 38.8 Å². The Labute approximate surface area is 127 Å². The van der Waals surface area contributed by atoms with Crippen molar-refractivity contribution in [1.29, 1.82) is 0 Å². The summed E-state index contributed by atoms with van der Waals surface area (Å²) in [4.78, 5) is 4.87. The van der Waals surface area contributed by atoms with Crippen molar-refractivity contribution in [1.82, 2.24) is 9.80 Å². The molecule has 1 heterocycles. The molecule has 0 aliphatic carbocycles. The minimum atomic E-state index is -0.148. The van der Waals surface area contributed by atoms with Crippen LogP contribution in [-0.2, 0) is 0 Å². The number of hydrogen-bond acceptors (Lipinski definition) is 3. The van der Waals surface area contributed by atoms with E-state index in [-0.39, 0.29) is 11.9 Å². The Kier molecular flexibility index (Phi) is 5.73. The number of likely N-dealkylation sites (N-methyl/N-ethyl adjacent to an activating group) is 2. The van der Waals surface area contributed by atoms with Gasteiger partial charge in [0.25, 0.3) is 0 Å². The van der Waals surface area contributed by atoms with E-state index in [0.29, 0.717) is 18.2 Å². The summed E-state index contributed by atoms with van der Waals surface area (Å²) in [5, 5.41) is 0. The van der Waals surface area contributed by atoms with Crippen LogP contribution in [0.15, 0.2) is 18.2 Å². The van der Waals surface area contributed by atoms with Crippen LogP contribution in [0.2, 0.25) is 0 Å². The van der Waals surface area contributed by atoms with Gasteiger partial charge in [-0.2, -0.15) is 0 Å². The highest BCUT2D eigenvalue weighted by Crippen LogP contribution is 2.24. The maximum absolute atomic E-state index is 13.4. The Bertz CT molecular complexity index is 463. The minimum absolute atomic E-state index is 0.148. The fourth-order valence-electron chi connectivity index (χ4n) is 3.42. The van der Waals surface area contributed by atoms with Crippen LogP contribution >= 0.6 is 0 Å². The fraction of sp³-hybridized carbons (Fsp3) is 0.647. The number of hydrogen-bond donors (Lipinski definition) is 1. The zero-order valence-electron chi connectivity index (χ0n) is 13.5. The van der Waals surface area contributed by atoms with Crippen LogP contribution < -0.4 is 5.73 Å². The van der Waals surface area contributed by atoms with Crippen LogP contribution in [0.4, 0.5) is 4.39 Å². The summed E-state index contributed by atoms with van der Waals surface area (Å²) < 4.78 is 13.4. The van der Waals surface area contributed by atoms with Crippen molar-refractivity contribution < 1.29 is 4.39 Å². The van der Waals surface area contributed by atoms with Gasteiger partial charge in [-0.25, -0.2) is 4.39 Å². The summed E-state index contributed by atoms with van der Waals surface area (Å²) in [5.74, 6) is -0.148. The van der Waals surface area contributed by atoms with E-state index in [1.165, 1.54) is 19.4 Å². The SMILES string of the molecule is CCN1CCCC1CN(C)C(CN)c1ccc(F)c(C)c1. The average Bonchev–Trinajstić information content (AvgIpc) is 2.90. The number of nitrogens with zero attached hydrogens (tertiary/aromatic N) is 2. The van der Waals surface area contributed by atoms with Gasteiger partial charge in [-0.1, -0.05) is 19.1 Å². The molecular formula is C17H28FN3. The van der Waals surface area contributed by atoms with Gasteiger partial charge in [0, 0.05) is 25.2 Å². The Morgan fingerprint density at radius 2 is 2.24 bits per heavy atom. The van der Waals surface area contributed by atoms with E-state index >= 15 is 0 Å². The standard InChI is InChI=1S/C17H28FN3/c1-4-21-9-5-6-15(21)12-20(3)17(11-19)14-7-8-16(18)13(2)10-14/h7-8,10,15,17H,4-6,9,11-12,19H2,1-3H3. The molecule has 0 spiro atoms. The molecule has 2 unspecified atom stereocenters. The van der Waals surface area contributed by atoms with Gasteiger partial charge in [-0.05, 0) is 57.1 Å². The van der Waals surface area contributed by atoms with Gasteiger partial charge in [-0.3, -0.25) is 9.80 Å². The van der Waals surface area contributed by atoms with Gasteiger partial charge in [0.05, 0.1) is 0 Å². The number of likely N-dealkylation sites (tertiary alicyclic amines) is 1. The monoisotopic (exact) mass is 293 g/mol. The number of aryl methyl sites for hydroxylation is 1. The molecule has 21 heavy (non-hydrogen) atoms. The molecular weight excluding hydrogens is 265 g/mol. The molecule has 1 fully saturated rings. The maximum atomic E-state index is 13.4. The lowest BCUT2D eigenvalue weighted by Crippen LogP contribution is -2.41. The van der Waals surface area contributed by atoms with Gasteiger partial charge < -0.3 is 5.73 Å². The predicted octanol–water partition coefficient (Wildman–Crippen LogP) is 2.55. The number of nitrogens with two attached hydrogens (primary N) is 1. The first-order valence-corrected chi connectivity index (χ1v) is 7.97. The first-order valence-electron chi connectivity index (χ1n) is 7.97. The molecule has 3 nitrogen and oxygen atoms in total. The molecule has 4 heteroatoms. The van der Waals surface area contributed by atoms with Crippen molar-refractivity contribution in [3.63, 3.8) is 0 Å². The van der Waals surface area contributed by atoms with Crippen molar-refractivity contribution in [2.75, 3.05) is 33.2 Å². The van der Waals surface area contributed by atoms with Crippen molar-refractivity contribution in [2.24, 2.45) is 5.73 Å². The number of benzene rings is 1. The first-order chi connectivity index (χ1) is 10.1. The van der Waals surface area contributed by atoms with E-state index in [4.69, 9.17) is 5.73 Å². The van der Waals surface area contributed by atoms with Crippen LogP contribution in [-0.4, -0.2) is 49.1 Å². The molecule has 1 saturated heterocycles. The third-order valence-electron chi connectivity index (χ3n) is 4.73. The highest BCUT2D eigenvalue weighted by Gasteiger charge is 2.26. The lowest BCUT2D eigenvalue weighted by Gasteiger charge is -2.33. The molecule has 0 amide bonds. The second-order valence-corrected chi connectivity index (χ2v) is 6.12. The lowest BCUT2D eigenvalue weighted by atomic mass is 10.0. The highest BCUT2D eigenvalue weighted by atomic mass is 19.1. The largest absolute Gasteiger partial charge is 0.329 e. The summed E-state index contributed by atoms with van der Waals surface area (Å²) in [6, 6.07) is 6.12. The Morgan fingerprint density at radius 3 is 2.86 bits per heavy atom. The van der Waals surface area contributed by atoms with Crippen LogP contribution in [0.5, 0.6) is 0 Å². The van der Waals surface area contributed by atoms with E-state index < -0.39 is 0 Å². The molecule has 0 bridgehead atoms. The van der Waals surface area contributed by atoms with Gasteiger partial charge in [0.15, 0.2) is 0 Å².